The van der Waals surface area contributed by atoms with Crippen LogP contribution in [-0.2, 0) is 4.79 Å². The Balaban J connectivity index is 1.95. The number of methoxy groups -OCH3 is 1. The molecule has 3 atom stereocenters. The van der Waals surface area contributed by atoms with Gasteiger partial charge in [-0.05, 0) is 54.5 Å². The summed E-state index contributed by atoms with van der Waals surface area (Å²) in [6.45, 7) is 8.14. The van der Waals surface area contributed by atoms with E-state index in [1.54, 1.807) is 43.2 Å². The largest absolute Gasteiger partial charge is 0.497 e. The molecule has 2 aromatic rings. The van der Waals surface area contributed by atoms with Crippen LogP contribution in [0.25, 0.3) is 0 Å². The fourth-order valence-corrected chi connectivity index (χ4v) is 4.88. The lowest BCUT2D eigenvalue weighted by molar-refractivity contribution is -0.129. The van der Waals surface area contributed by atoms with Gasteiger partial charge >= 0.3 is 0 Å². The van der Waals surface area contributed by atoms with Crippen LogP contribution < -0.4 is 10.1 Å². The molecule has 0 spiro atoms. The molecule has 3 rings (SSSR count). The molecule has 2 amide bonds. The van der Waals surface area contributed by atoms with Crippen LogP contribution in [0.5, 0.6) is 5.75 Å². The van der Waals surface area contributed by atoms with Gasteiger partial charge in [0.15, 0.2) is 0 Å². The van der Waals surface area contributed by atoms with Crippen molar-refractivity contribution in [2.75, 3.05) is 13.7 Å². The number of carbonyl (C=O) groups excluding carboxylic acids is 2. The molecule has 168 valence electrons. The SMILES string of the molecule is COc1ccc(C(=O)N2CC[C@@](C)(O)[C@@H](NC(=O)CC(C)(C)C)[C@@H]2c2cccs2)cc1. The Morgan fingerprint density at radius 1 is 1.26 bits per heavy atom. The second kappa shape index (κ2) is 9.01. The maximum atomic E-state index is 13.5. The predicted octanol–water partition coefficient (Wildman–Crippen LogP) is 4.02. The van der Waals surface area contributed by atoms with Gasteiger partial charge in [0.05, 0.1) is 24.8 Å². The molecule has 1 aliphatic heterocycles. The number of amides is 2. The van der Waals surface area contributed by atoms with Gasteiger partial charge in [0.25, 0.3) is 5.91 Å². The molecule has 1 aromatic carbocycles. The fraction of sp³-hybridized carbons (Fsp3) is 0.500. The van der Waals surface area contributed by atoms with Gasteiger partial charge in [0.2, 0.25) is 5.91 Å². The maximum absolute atomic E-state index is 13.5. The molecule has 0 radical (unpaired) electrons. The van der Waals surface area contributed by atoms with Gasteiger partial charge in [-0.3, -0.25) is 9.59 Å². The van der Waals surface area contributed by atoms with E-state index in [-0.39, 0.29) is 17.2 Å². The molecule has 0 unspecified atom stereocenters. The number of hydrogen-bond donors (Lipinski definition) is 2. The summed E-state index contributed by atoms with van der Waals surface area (Å²) in [5.41, 5.74) is -0.774. The van der Waals surface area contributed by atoms with Crippen molar-refractivity contribution in [3.8, 4) is 5.75 Å². The number of nitrogens with one attached hydrogen (secondary N) is 1. The van der Waals surface area contributed by atoms with Crippen LogP contribution in [0, 0.1) is 5.41 Å². The van der Waals surface area contributed by atoms with E-state index < -0.39 is 17.7 Å². The Morgan fingerprint density at radius 3 is 2.48 bits per heavy atom. The standard InChI is InChI=1S/C24H32N2O4S/c1-23(2,3)15-19(27)25-21-20(18-7-6-14-31-18)26(13-12-24(21,4)29)22(28)16-8-10-17(30-5)11-9-16/h6-11,14,20-21,29H,12-13,15H2,1-5H3,(H,25,27)/t20-,21-,24+/m0/s1. The van der Waals surface area contributed by atoms with Crippen LogP contribution >= 0.6 is 11.3 Å². The Bertz CT molecular complexity index is 901. The lowest BCUT2D eigenvalue weighted by Gasteiger charge is -2.48. The highest BCUT2D eigenvalue weighted by Crippen LogP contribution is 2.40. The van der Waals surface area contributed by atoms with E-state index >= 15 is 0 Å². The number of nitrogens with zero attached hydrogens (tertiary/aromatic N) is 1. The summed E-state index contributed by atoms with van der Waals surface area (Å²) in [5.74, 6) is 0.421. The first-order valence-electron chi connectivity index (χ1n) is 10.5. The van der Waals surface area contributed by atoms with Crippen molar-refractivity contribution in [3.63, 3.8) is 0 Å². The first-order chi connectivity index (χ1) is 14.5. The number of benzene rings is 1. The second-order valence-corrected chi connectivity index (χ2v) is 10.6. The van der Waals surface area contributed by atoms with Crippen LogP contribution in [-0.4, -0.2) is 47.1 Å². The Kier molecular flexibility index (Phi) is 6.76. The van der Waals surface area contributed by atoms with Gasteiger partial charge in [0, 0.05) is 23.4 Å². The van der Waals surface area contributed by atoms with Crippen LogP contribution in [0.3, 0.4) is 0 Å². The number of likely N-dealkylation sites (tertiary alicyclic amines) is 1. The number of carbonyl (C=O) groups is 2. The molecule has 0 bridgehead atoms. The smallest absolute Gasteiger partial charge is 0.254 e. The molecule has 0 aliphatic carbocycles. The minimum absolute atomic E-state index is 0.127. The maximum Gasteiger partial charge on any atom is 0.254 e. The zero-order valence-corrected chi connectivity index (χ0v) is 19.7. The van der Waals surface area contributed by atoms with Gasteiger partial charge in [-0.1, -0.05) is 26.8 Å². The van der Waals surface area contributed by atoms with E-state index in [2.05, 4.69) is 5.32 Å². The van der Waals surface area contributed by atoms with Crippen molar-refractivity contribution in [2.45, 2.75) is 58.2 Å². The van der Waals surface area contributed by atoms with E-state index in [1.807, 2.05) is 38.3 Å². The van der Waals surface area contributed by atoms with Crippen molar-refractivity contribution >= 4 is 23.2 Å². The topological polar surface area (TPSA) is 78.9 Å². The molecular formula is C24H32N2O4S. The third kappa shape index (κ3) is 5.46. The third-order valence-corrected chi connectivity index (χ3v) is 6.56. The fourth-order valence-electron chi connectivity index (χ4n) is 4.01. The summed E-state index contributed by atoms with van der Waals surface area (Å²) in [5, 5.41) is 16.2. The molecule has 1 aliphatic rings. The predicted molar refractivity (Wildman–Crippen MR) is 122 cm³/mol. The van der Waals surface area contributed by atoms with Crippen molar-refractivity contribution in [1.82, 2.24) is 10.2 Å². The van der Waals surface area contributed by atoms with Crippen molar-refractivity contribution < 1.29 is 19.4 Å². The summed E-state index contributed by atoms with van der Waals surface area (Å²) >= 11 is 1.52. The van der Waals surface area contributed by atoms with Crippen molar-refractivity contribution in [3.05, 3.63) is 52.2 Å². The first-order valence-corrected chi connectivity index (χ1v) is 11.4. The van der Waals surface area contributed by atoms with Gasteiger partial charge < -0.3 is 20.1 Å². The Labute approximate surface area is 188 Å². The molecule has 0 saturated carbocycles. The lowest BCUT2D eigenvalue weighted by Crippen LogP contribution is -2.63. The quantitative estimate of drug-likeness (QED) is 0.730. The molecule has 1 saturated heterocycles. The average Bonchev–Trinajstić information content (AvgIpc) is 3.22. The summed E-state index contributed by atoms with van der Waals surface area (Å²) in [6, 6.07) is 9.81. The number of aliphatic hydroxyl groups is 1. The monoisotopic (exact) mass is 444 g/mol. The van der Waals surface area contributed by atoms with E-state index in [0.29, 0.717) is 30.7 Å². The van der Waals surface area contributed by atoms with Crippen LogP contribution in [0.4, 0.5) is 0 Å². The van der Waals surface area contributed by atoms with Gasteiger partial charge in [-0.15, -0.1) is 11.3 Å². The van der Waals surface area contributed by atoms with Crippen LogP contribution in [0.1, 0.15) is 61.8 Å². The average molecular weight is 445 g/mol. The molecule has 31 heavy (non-hydrogen) atoms. The number of piperidine rings is 1. The minimum atomic E-state index is -1.14. The second-order valence-electron chi connectivity index (χ2n) is 9.58. The molecular weight excluding hydrogens is 412 g/mol. The summed E-state index contributed by atoms with van der Waals surface area (Å²) in [7, 11) is 1.58. The summed E-state index contributed by atoms with van der Waals surface area (Å²) in [6.07, 6.45) is 0.709. The third-order valence-electron chi connectivity index (χ3n) is 5.62. The van der Waals surface area contributed by atoms with Crippen LogP contribution in [0.15, 0.2) is 41.8 Å². The number of ether oxygens (including phenoxy) is 1. The summed E-state index contributed by atoms with van der Waals surface area (Å²) in [4.78, 5) is 29.0. The highest BCUT2D eigenvalue weighted by molar-refractivity contribution is 7.10. The molecule has 1 aromatic heterocycles. The molecule has 2 N–H and O–H groups in total. The number of thiophene rings is 1. The van der Waals surface area contributed by atoms with E-state index in [1.165, 1.54) is 11.3 Å². The summed E-state index contributed by atoms with van der Waals surface area (Å²) < 4.78 is 5.20. The van der Waals surface area contributed by atoms with Crippen molar-refractivity contribution in [1.29, 1.82) is 0 Å². The molecule has 6 nitrogen and oxygen atoms in total. The highest BCUT2D eigenvalue weighted by atomic mass is 32.1. The molecule has 1 fully saturated rings. The number of rotatable bonds is 5. The van der Waals surface area contributed by atoms with Crippen molar-refractivity contribution in [2.24, 2.45) is 5.41 Å². The first kappa shape index (κ1) is 23.3. The van der Waals surface area contributed by atoms with E-state index in [9.17, 15) is 14.7 Å². The molecule has 7 heteroatoms. The number of hydrogen-bond acceptors (Lipinski definition) is 5. The van der Waals surface area contributed by atoms with Crippen LogP contribution in [0.2, 0.25) is 0 Å². The van der Waals surface area contributed by atoms with Gasteiger partial charge in [-0.2, -0.15) is 0 Å². The normalized spacial score (nSPS) is 24.0. The van der Waals surface area contributed by atoms with E-state index in [0.717, 1.165) is 4.88 Å². The van der Waals surface area contributed by atoms with Gasteiger partial charge in [-0.25, -0.2) is 0 Å². The van der Waals surface area contributed by atoms with Gasteiger partial charge in [0.1, 0.15) is 5.75 Å². The molecule has 2 heterocycles. The Hall–Kier alpha value is -2.38. The zero-order chi connectivity index (χ0) is 22.8. The Morgan fingerprint density at radius 2 is 1.94 bits per heavy atom. The lowest BCUT2D eigenvalue weighted by atomic mass is 9.81. The zero-order valence-electron chi connectivity index (χ0n) is 18.8. The minimum Gasteiger partial charge on any atom is -0.497 e. The highest BCUT2D eigenvalue weighted by Gasteiger charge is 2.48. The van der Waals surface area contributed by atoms with E-state index in [4.69, 9.17) is 4.74 Å².